The van der Waals surface area contributed by atoms with Crippen LogP contribution < -0.4 is 10.1 Å². The SMILES string of the molecule is COc1ccc2c(c1)SC(Nc1cc(C(F)(F)c3ccc(F)cc3)nc(Cl)n1)=CCC2C. The Morgan fingerprint density at radius 2 is 1.88 bits per heavy atom. The lowest BCUT2D eigenvalue weighted by Crippen LogP contribution is -2.18. The molecule has 1 aliphatic heterocycles. The summed E-state index contributed by atoms with van der Waals surface area (Å²) in [6.07, 6.45) is 2.75. The maximum atomic E-state index is 15.0. The van der Waals surface area contributed by atoms with E-state index < -0.39 is 23.0 Å². The number of ether oxygens (including phenoxy) is 1. The third kappa shape index (κ3) is 4.71. The predicted octanol–water partition coefficient (Wildman–Crippen LogP) is 6.97. The molecule has 0 radical (unpaired) electrons. The van der Waals surface area contributed by atoms with E-state index >= 15 is 8.78 Å². The molecule has 0 bridgehead atoms. The zero-order valence-electron chi connectivity index (χ0n) is 17.2. The minimum atomic E-state index is -3.48. The fourth-order valence-corrected chi connectivity index (χ4v) is 4.68. The summed E-state index contributed by atoms with van der Waals surface area (Å²) < 4.78 is 48.5. The van der Waals surface area contributed by atoms with Crippen molar-refractivity contribution in [3.63, 3.8) is 0 Å². The number of methoxy groups -OCH3 is 1. The number of halogens is 4. The highest BCUT2D eigenvalue weighted by Crippen LogP contribution is 2.41. The minimum absolute atomic E-state index is 0.138. The summed E-state index contributed by atoms with van der Waals surface area (Å²) in [5, 5.41) is 3.50. The quantitative estimate of drug-likeness (QED) is 0.402. The summed E-state index contributed by atoms with van der Waals surface area (Å²) in [4.78, 5) is 8.78. The second-order valence-corrected chi connectivity index (χ2v) is 8.75. The zero-order chi connectivity index (χ0) is 22.9. The fraction of sp³-hybridized carbons (Fsp3) is 0.217. The van der Waals surface area contributed by atoms with Gasteiger partial charge in [0.25, 0.3) is 0 Å². The van der Waals surface area contributed by atoms with Gasteiger partial charge in [0.15, 0.2) is 0 Å². The number of allylic oxidation sites excluding steroid dienone is 1. The van der Waals surface area contributed by atoms with Crippen molar-refractivity contribution in [2.45, 2.75) is 30.1 Å². The van der Waals surface area contributed by atoms with Gasteiger partial charge in [-0.25, -0.2) is 14.4 Å². The molecule has 3 aromatic rings. The van der Waals surface area contributed by atoms with Crippen LogP contribution >= 0.6 is 23.4 Å². The Labute approximate surface area is 192 Å². The average Bonchev–Trinajstić information content (AvgIpc) is 2.91. The number of nitrogens with one attached hydrogen (secondary N) is 1. The van der Waals surface area contributed by atoms with E-state index in [2.05, 4.69) is 22.2 Å². The summed E-state index contributed by atoms with van der Waals surface area (Å²) >= 11 is 7.42. The first kappa shape index (κ1) is 22.5. The molecule has 1 unspecified atom stereocenters. The summed E-state index contributed by atoms with van der Waals surface area (Å²) in [5.74, 6) is -2.93. The van der Waals surface area contributed by atoms with Gasteiger partial charge in [-0.1, -0.05) is 30.8 Å². The van der Waals surface area contributed by atoms with Crippen LogP contribution in [0.2, 0.25) is 5.28 Å². The standard InChI is InChI=1S/C23H19ClF3N3OS/c1-13-3-10-21(32-18-11-16(31-2)8-9-17(13)18)29-20-12-19(28-22(24)30-20)23(26,27)14-4-6-15(25)7-5-14/h4-13H,3H2,1-2H3,(H,28,29,30). The highest BCUT2D eigenvalue weighted by atomic mass is 35.5. The van der Waals surface area contributed by atoms with Crippen LogP contribution in [0.5, 0.6) is 5.75 Å². The molecule has 0 fully saturated rings. The van der Waals surface area contributed by atoms with Crippen LogP contribution in [-0.2, 0) is 5.92 Å². The van der Waals surface area contributed by atoms with Gasteiger partial charge in [0, 0.05) is 16.5 Å². The Morgan fingerprint density at radius 3 is 2.59 bits per heavy atom. The van der Waals surface area contributed by atoms with E-state index in [9.17, 15) is 4.39 Å². The van der Waals surface area contributed by atoms with E-state index in [1.165, 1.54) is 17.3 Å². The smallest absolute Gasteiger partial charge is 0.315 e. The van der Waals surface area contributed by atoms with Crippen molar-refractivity contribution >= 4 is 29.2 Å². The lowest BCUT2D eigenvalue weighted by atomic mass is 9.98. The first-order valence-electron chi connectivity index (χ1n) is 9.78. The maximum absolute atomic E-state index is 15.0. The van der Waals surface area contributed by atoms with Crippen LogP contribution in [0.15, 0.2) is 64.5 Å². The second kappa shape index (κ2) is 9.03. The van der Waals surface area contributed by atoms with Crippen molar-refractivity contribution in [2.24, 2.45) is 0 Å². The number of anilines is 1. The highest BCUT2D eigenvalue weighted by molar-refractivity contribution is 8.03. The van der Waals surface area contributed by atoms with Crippen LogP contribution in [-0.4, -0.2) is 17.1 Å². The Morgan fingerprint density at radius 1 is 1.12 bits per heavy atom. The first-order chi connectivity index (χ1) is 15.3. The van der Waals surface area contributed by atoms with Crippen molar-refractivity contribution in [1.82, 2.24) is 9.97 Å². The molecular weight excluding hydrogens is 459 g/mol. The Bertz CT molecular complexity index is 1170. The van der Waals surface area contributed by atoms with E-state index in [0.717, 1.165) is 52.4 Å². The van der Waals surface area contributed by atoms with Crippen molar-refractivity contribution in [2.75, 3.05) is 12.4 Å². The molecule has 9 heteroatoms. The van der Waals surface area contributed by atoms with E-state index in [1.807, 2.05) is 24.3 Å². The molecule has 1 atom stereocenters. The van der Waals surface area contributed by atoms with Gasteiger partial charge < -0.3 is 10.1 Å². The van der Waals surface area contributed by atoms with Gasteiger partial charge in [-0.15, -0.1) is 0 Å². The first-order valence-corrected chi connectivity index (χ1v) is 11.0. The van der Waals surface area contributed by atoms with E-state index in [-0.39, 0.29) is 17.0 Å². The van der Waals surface area contributed by atoms with Crippen LogP contribution in [0.4, 0.5) is 19.0 Å². The van der Waals surface area contributed by atoms with Gasteiger partial charge >= 0.3 is 5.92 Å². The molecule has 0 aliphatic carbocycles. The lowest BCUT2D eigenvalue weighted by Gasteiger charge is -2.18. The van der Waals surface area contributed by atoms with Crippen molar-refractivity contribution < 1.29 is 17.9 Å². The fourth-order valence-electron chi connectivity index (χ4n) is 3.36. The van der Waals surface area contributed by atoms with E-state index in [1.54, 1.807) is 7.11 Å². The zero-order valence-corrected chi connectivity index (χ0v) is 18.8. The van der Waals surface area contributed by atoms with Gasteiger partial charge in [-0.2, -0.15) is 8.78 Å². The molecule has 1 aromatic heterocycles. The summed E-state index contributed by atoms with van der Waals surface area (Å²) in [7, 11) is 1.60. The van der Waals surface area contributed by atoms with Crippen LogP contribution in [0.25, 0.3) is 0 Å². The Balaban J connectivity index is 1.63. The van der Waals surface area contributed by atoms with Crippen LogP contribution in [0.1, 0.15) is 36.1 Å². The molecule has 32 heavy (non-hydrogen) atoms. The number of fused-ring (bicyclic) bond motifs is 1. The second-order valence-electron chi connectivity index (χ2n) is 7.32. The third-order valence-corrected chi connectivity index (χ3v) is 6.34. The molecule has 0 spiro atoms. The number of hydrogen-bond donors (Lipinski definition) is 1. The monoisotopic (exact) mass is 477 g/mol. The maximum Gasteiger partial charge on any atom is 0.315 e. The van der Waals surface area contributed by atoms with Gasteiger partial charge in [0.05, 0.1) is 12.1 Å². The topological polar surface area (TPSA) is 47.0 Å². The molecule has 1 aliphatic rings. The van der Waals surface area contributed by atoms with Gasteiger partial charge in [0.2, 0.25) is 5.28 Å². The summed E-state index contributed by atoms with van der Waals surface area (Å²) in [5.41, 5.74) is 0.201. The number of thioether (sulfide) groups is 1. The highest BCUT2D eigenvalue weighted by Gasteiger charge is 2.36. The number of nitrogens with zero attached hydrogens (tertiary/aromatic N) is 2. The summed E-state index contributed by atoms with van der Waals surface area (Å²) in [6.45, 7) is 2.12. The number of rotatable bonds is 5. The lowest BCUT2D eigenvalue weighted by molar-refractivity contribution is 0.0379. The molecule has 4 nitrogen and oxygen atoms in total. The molecule has 0 amide bonds. The van der Waals surface area contributed by atoms with Crippen LogP contribution in [0, 0.1) is 5.82 Å². The minimum Gasteiger partial charge on any atom is -0.497 e. The molecule has 2 heterocycles. The number of alkyl halides is 2. The van der Waals surface area contributed by atoms with Crippen molar-refractivity contribution in [3.05, 3.63) is 87.6 Å². The predicted molar refractivity (Wildman–Crippen MR) is 120 cm³/mol. The molecule has 4 rings (SSSR count). The molecule has 1 N–H and O–H groups in total. The number of hydrogen-bond acceptors (Lipinski definition) is 5. The molecule has 0 saturated heterocycles. The van der Waals surface area contributed by atoms with Crippen molar-refractivity contribution in [3.8, 4) is 5.75 Å². The van der Waals surface area contributed by atoms with E-state index in [4.69, 9.17) is 16.3 Å². The molecular formula is C23H19ClF3N3OS. The van der Waals surface area contributed by atoms with Gasteiger partial charge in [0.1, 0.15) is 23.1 Å². The average molecular weight is 478 g/mol. The third-order valence-electron chi connectivity index (χ3n) is 5.11. The van der Waals surface area contributed by atoms with Crippen molar-refractivity contribution in [1.29, 1.82) is 0 Å². The van der Waals surface area contributed by atoms with Gasteiger partial charge in [-0.05, 0) is 65.9 Å². The Kier molecular flexibility index (Phi) is 6.35. The van der Waals surface area contributed by atoms with Gasteiger partial charge in [-0.3, -0.25) is 0 Å². The largest absolute Gasteiger partial charge is 0.497 e. The molecule has 166 valence electrons. The summed E-state index contributed by atoms with van der Waals surface area (Å²) in [6, 6.07) is 11.0. The Hall–Kier alpha value is -2.71. The number of benzene rings is 2. The molecule has 0 saturated carbocycles. The number of aromatic nitrogens is 2. The normalized spacial score (nSPS) is 16.1. The van der Waals surface area contributed by atoms with E-state index in [0.29, 0.717) is 0 Å². The molecule has 2 aromatic carbocycles. The van der Waals surface area contributed by atoms with Crippen LogP contribution in [0.3, 0.4) is 0 Å².